The van der Waals surface area contributed by atoms with Gasteiger partial charge in [-0.1, -0.05) is 83.9 Å². The third kappa shape index (κ3) is 6.33. The van der Waals surface area contributed by atoms with Crippen LogP contribution in [0.2, 0.25) is 0 Å². The van der Waals surface area contributed by atoms with Crippen LogP contribution in [0.15, 0.2) is 48.5 Å². The van der Waals surface area contributed by atoms with E-state index in [0.29, 0.717) is 23.3 Å². The highest BCUT2D eigenvalue weighted by molar-refractivity contribution is 5.73. The molecule has 4 aromatic rings. The Hall–Kier alpha value is -3.34. The molecule has 1 heterocycles. The first-order valence-corrected chi connectivity index (χ1v) is 13.3. The second-order valence-corrected chi connectivity index (χ2v) is 12.6. The number of unbranched alkanes of at least 4 members (excludes halogenated alkanes) is 1. The summed E-state index contributed by atoms with van der Waals surface area (Å²) in [4.78, 5) is 1.54. The van der Waals surface area contributed by atoms with Gasteiger partial charge in [-0.25, -0.2) is 0 Å². The van der Waals surface area contributed by atoms with Crippen LogP contribution in [0, 0.1) is 12.3 Å². The maximum atomic E-state index is 11.4. The predicted molar refractivity (Wildman–Crippen MR) is 152 cm³/mol. The van der Waals surface area contributed by atoms with Crippen molar-refractivity contribution in [1.29, 1.82) is 0 Å². The first-order valence-electron chi connectivity index (χ1n) is 13.3. The van der Waals surface area contributed by atoms with E-state index in [1.165, 1.54) is 6.42 Å². The molecular weight excluding hydrogens is 458 g/mol. The Labute approximate surface area is 221 Å². The number of fused-ring (bicyclic) bond motifs is 1. The van der Waals surface area contributed by atoms with Gasteiger partial charge in [0.25, 0.3) is 0 Å². The monoisotopic (exact) mass is 499 g/mol. The van der Waals surface area contributed by atoms with E-state index < -0.39 is 0 Å². The predicted octanol–water partition coefficient (Wildman–Crippen LogP) is 7.79. The zero-order valence-electron chi connectivity index (χ0n) is 23.4. The second kappa shape index (κ2) is 10.2. The highest BCUT2D eigenvalue weighted by Gasteiger charge is 2.22. The molecule has 0 amide bonds. The Balaban J connectivity index is 1.76. The van der Waals surface area contributed by atoms with Crippen molar-refractivity contribution >= 4 is 11.0 Å². The van der Waals surface area contributed by atoms with Gasteiger partial charge in [0, 0.05) is 12.0 Å². The smallest absolute Gasteiger partial charge is 0.146 e. The molecule has 196 valence electrons. The number of aryl methyl sites for hydroxylation is 2. The number of aromatic nitrogens is 3. The van der Waals surface area contributed by atoms with E-state index in [2.05, 4.69) is 63.9 Å². The fourth-order valence-corrected chi connectivity index (χ4v) is 4.89. The number of rotatable bonds is 7. The molecule has 0 saturated heterocycles. The van der Waals surface area contributed by atoms with Crippen LogP contribution in [0.1, 0.15) is 88.6 Å². The van der Waals surface area contributed by atoms with Crippen molar-refractivity contribution < 1.29 is 10.2 Å². The van der Waals surface area contributed by atoms with Crippen LogP contribution in [0.5, 0.6) is 11.5 Å². The minimum atomic E-state index is -0.188. The van der Waals surface area contributed by atoms with Gasteiger partial charge in [0.05, 0.1) is 0 Å². The number of hydrogen-bond acceptors (Lipinski definition) is 4. The Morgan fingerprint density at radius 1 is 0.784 bits per heavy atom. The molecule has 37 heavy (non-hydrogen) atoms. The lowest BCUT2D eigenvalue weighted by molar-refractivity contribution is 0.360. The van der Waals surface area contributed by atoms with Gasteiger partial charge >= 0.3 is 0 Å². The maximum absolute atomic E-state index is 11.4. The summed E-state index contributed by atoms with van der Waals surface area (Å²) < 4.78 is 0. The molecule has 3 aromatic carbocycles. The number of hydrogen-bond donors (Lipinski definition) is 2. The summed E-state index contributed by atoms with van der Waals surface area (Å²) in [5, 5.41) is 31.9. The van der Waals surface area contributed by atoms with Crippen molar-refractivity contribution in [1.82, 2.24) is 15.0 Å². The van der Waals surface area contributed by atoms with Gasteiger partial charge < -0.3 is 10.2 Å². The third-order valence-corrected chi connectivity index (χ3v) is 6.89. The van der Waals surface area contributed by atoms with Crippen molar-refractivity contribution in [3.05, 3.63) is 76.3 Å². The van der Waals surface area contributed by atoms with Crippen LogP contribution in [-0.4, -0.2) is 25.2 Å². The number of phenolic OH excluding ortho intramolecular Hbond substituents is 2. The first kappa shape index (κ1) is 26.7. The highest BCUT2D eigenvalue weighted by Crippen LogP contribution is 2.38. The van der Waals surface area contributed by atoms with Gasteiger partial charge in [-0.3, -0.25) is 0 Å². The quantitative estimate of drug-likeness (QED) is 0.255. The minimum absolute atomic E-state index is 0.150. The first-order chi connectivity index (χ1) is 17.3. The number of benzene rings is 3. The van der Waals surface area contributed by atoms with E-state index in [0.717, 1.165) is 58.1 Å². The normalized spacial score (nSPS) is 12.4. The van der Waals surface area contributed by atoms with Gasteiger partial charge in [-0.15, -0.1) is 15.0 Å². The largest absolute Gasteiger partial charge is 0.507 e. The summed E-state index contributed by atoms with van der Waals surface area (Å²) in [5.74, 6) is 0.453. The average molecular weight is 500 g/mol. The van der Waals surface area contributed by atoms with Gasteiger partial charge in [-0.05, 0) is 71.9 Å². The summed E-state index contributed by atoms with van der Waals surface area (Å²) in [6, 6.07) is 15.9. The molecule has 0 bridgehead atoms. The number of phenols is 2. The van der Waals surface area contributed by atoms with Crippen molar-refractivity contribution in [2.75, 3.05) is 0 Å². The Morgan fingerprint density at radius 3 is 2.00 bits per heavy atom. The van der Waals surface area contributed by atoms with Crippen molar-refractivity contribution in [3.8, 4) is 17.2 Å². The van der Waals surface area contributed by atoms with E-state index >= 15 is 0 Å². The molecule has 0 spiro atoms. The molecule has 0 saturated carbocycles. The standard InChI is InChI=1S/C32H41N3O2/c1-21-16-23(29(36)25(17-21)32(5,6)7)20-24-18-22(12-10-11-15-31(2,3)4)19-28(30(24)37)35-33-26-13-8-9-14-27(26)34-35/h8-9,13-14,16-19,36-37H,10-12,15,20H2,1-7H3. The molecular formula is C32H41N3O2. The minimum Gasteiger partial charge on any atom is -0.507 e. The van der Waals surface area contributed by atoms with Crippen LogP contribution in [-0.2, 0) is 18.3 Å². The molecule has 4 rings (SSSR count). The van der Waals surface area contributed by atoms with Crippen LogP contribution in [0.4, 0.5) is 0 Å². The zero-order valence-corrected chi connectivity index (χ0v) is 23.4. The van der Waals surface area contributed by atoms with Gasteiger partial charge in [0.15, 0.2) is 0 Å². The van der Waals surface area contributed by atoms with Crippen LogP contribution in [0.25, 0.3) is 16.7 Å². The Kier molecular flexibility index (Phi) is 7.36. The van der Waals surface area contributed by atoms with Crippen molar-refractivity contribution in [3.63, 3.8) is 0 Å². The molecule has 5 nitrogen and oxygen atoms in total. The Morgan fingerprint density at radius 2 is 1.41 bits per heavy atom. The third-order valence-electron chi connectivity index (χ3n) is 6.89. The summed E-state index contributed by atoms with van der Waals surface area (Å²) in [5.41, 5.74) is 7.00. The summed E-state index contributed by atoms with van der Waals surface area (Å²) >= 11 is 0. The summed E-state index contributed by atoms with van der Waals surface area (Å²) in [7, 11) is 0. The molecule has 2 N–H and O–H groups in total. The molecule has 0 radical (unpaired) electrons. The van der Waals surface area contributed by atoms with Crippen molar-refractivity contribution in [2.45, 2.75) is 86.0 Å². The topological polar surface area (TPSA) is 71.2 Å². The SMILES string of the molecule is Cc1cc(Cc2cc(CCCCC(C)(C)C)cc(-n3nc4ccccc4n3)c2O)c(O)c(C(C)(C)C)c1. The molecule has 0 atom stereocenters. The maximum Gasteiger partial charge on any atom is 0.146 e. The Bertz CT molecular complexity index is 1370. The highest BCUT2D eigenvalue weighted by atomic mass is 16.3. The molecule has 0 aliphatic heterocycles. The number of nitrogens with zero attached hydrogens (tertiary/aromatic N) is 3. The van der Waals surface area contributed by atoms with E-state index in [9.17, 15) is 10.2 Å². The van der Waals surface area contributed by atoms with Crippen LogP contribution >= 0.6 is 0 Å². The zero-order chi connectivity index (χ0) is 27.0. The second-order valence-electron chi connectivity index (χ2n) is 12.6. The molecule has 0 aliphatic rings. The van der Waals surface area contributed by atoms with Crippen molar-refractivity contribution in [2.24, 2.45) is 5.41 Å². The van der Waals surface area contributed by atoms with E-state index in [1.807, 2.05) is 43.3 Å². The van der Waals surface area contributed by atoms with E-state index in [1.54, 1.807) is 4.80 Å². The molecule has 0 aliphatic carbocycles. The lowest BCUT2D eigenvalue weighted by atomic mass is 9.83. The molecule has 1 aromatic heterocycles. The van der Waals surface area contributed by atoms with Gasteiger partial charge in [-0.2, -0.15) is 0 Å². The molecule has 0 unspecified atom stereocenters. The van der Waals surface area contributed by atoms with Crippen LogP contribution < -0.4 is 0 Å². The fourth-order valence-electron chi connectivity index (χ4n) is 4.89. The average Bonchev–Trinajstić information content (AvgIpc) is 3.23. The van der Waals surface area contributed by atoms with Gasteiger partial charge in [0.2, 0.25) is 0 Å². The lowest BCUT2D eigenvalue weighted by Crippen LogP contribution is -2.13. The molecule has 5 heteroatoms. The summed E-state index contributed by atoms with van der Waals surface area (Å²) in [6.07, 6.45) is 4.71. The number of aromatic hydroxyl groups is 2. The van der Waals surface area contributed by atoms with E-state index in [4.69, 9.17) is 0 Å². The molecule has 0 fully saturated rings. The van der Waals surface area contributed by atoms with E-state index in [-0.39, 0.29) is 11.2 Å². The van der Waals surface area contributed by atoms with Crippen LogP contribution in [0.3, 0.4) is 0 Å². The lowest BCUT2D eigenvalue weighted by Gasteiger charge is -2.23. The fraction of sp³-hybridized carbons (Fsp3) is 0.438. The van der Waals surface area contributed by atoms with Gasteiger partial charge in [0.1, 0.15) is 28.2 Å². The summed E-state index contributed by atoms with van der Waals surface area (Å²) in [6.45, 7) is 15.2.